The standard InChI is InChI=1S/C12H24O/c1-3-4-5-6-7-8-9-12(2)10-11-13/h11-12H,3-10H2,1-2H3/t12-/m0/s1. The summed E-state index contributed by atoms with van der Waals surface area (Å²) in [4.78, 5) is 10.2. The Morgan fingerprint density at radius 2 is 1.69 bits per heavy atom. The van der Waals surface area contributed by atoms with E-state index in [1.165, 1.54) is 44.9 Å². The highest BCUT2D eigenvalue weighted by atomic mass is 16.1. The molecular formula is C12H24O. The van der Waals surface area contributed by atoms with Gasteiger partial charge in [-0.3, -0.25) is 0 Å². The molecule has 13 heavy (non-hydrogen) atoms. The molecule has 0 heterocycles. The molecule has 0 aliphatic heterocycles. The number of carbonyl (C=O) groups is 1. The van der Waals surface area contributed by atoms with Crippen LogP contribution in [-0.2, 0) is 4.79 Å². The van der Waals surface area contributed by atoms with Gasteiger partial charge in [0.2, 0.25) is 0 Å². The molecule has 0 radical (unpaired) electrons. The molecule has 0 aliphatic rings. The summed E-state index contributed by atoms with van der Waals surface area (Å²) in [6.07, 6.45) is 11.1. The minimum Gasteiger partial charge on any atom is -0.303 e. The van der Waals surface area contributed by atoms with Gasteiger partial charge in [-0.1, -0.05) is 58.8 Å². The summed E-state index contributed by atoms with van der Waals surface area (Å²) in [5.74, 6) is 0.601. The second-order valence-corrected chi connectivity index (χ2v) is 4.06. The predicted octanol–water partition coefficient (Wildman–Crippen LogP) is 3.96. The molecule has 0 aromatic rings. The Morgan fingerprint density at radius 1 is 1.08 bits per heavy atom. The quantitative estimate of drug-likeness (QED) is 0.391. The van der Waals surface area contributed by atoms with Crippen LogP contribution in [0.2, 0.25) is 0 Å². The van der Waals surface area contributed by atoms with Crippen molar-refractivity contribution < 1.29 is 4.79 Å². The molecule has 0 unspecified atom stereocenters. The molecule has 1 heteroatoms. The van der Waals surface area contributed by atoms with Crippen LogP contribution in [0, 0.1) is 5.92 Å². The van der Waals surface area contributed by atoms with Gasteiger partial charge < -0.3 is 4.79 Å². The Labute approximate surface area is 82.9 Å². The van der Waals surface area contributed by atoms with E-state index in [1.54, 1.807) is 0 Å². The first-order chi connectivity index (χ1) is 6.31. The third-order valence-electron chi connectivity index (χ3n) is 2.55. The Morgan fingerprint density at radius 3 is 2.31 bits per heavy atom. The van der Waals surface area contributed by atoms with E-state index in [0.717, 1.165) is 12.7 Å². The summed E-state index contributed by atoms with van der Waals surface area (Å²) in [7, 11) is 0. The van der Waals surface area contributed by atoms with Crippen molar-refractivity contribution in [3.8, 4) is 0 Å². The fourth-order valence-electron chi connectivity index (χ4n) is 1.56. The van der Waals surface area contributed by atoms with Gasteiger partial charge in [0, 0.05) is 6.42 Å². The van der Waals surface area contributed by atoms with E-state index >= 15 is 0 Å². The molecule has 0 N–H and O–H groups in total. The summed E-state index contributed by atoms with van der Waals surface area (Å²) in [6.45, 7) is 4.41. The van der Waals surface area contributed by atoms with Crippen LogP contribution in [-0.4, -0.2) is 6.29 Å². The van der Waals surface area contributed by atoms with Crippen LogP contribution >= 0.6 is 0 Å². The predicted molar refractivity (Wildman–Crippen MR) is 57.8 cm³/mol. The SMILES string of the molecule is CCCCCCCC[C@H](C)CC=O. The maximum absolute atomic E-state index is 10.2. The van der Waals surface area contributed by atoms with Crippen molar-refractivity contribution in [2.75, 3.05) is 0 Å². The van der Waals surface area contributed by atoms with Gasteiger partial charge in [-0.25, -0.2) is 0 Å². The second kappa shape index (κ2) is 9.76. The lowest BCUT2D eigenvalue weighted by molar-refractivity contribution is -0.108. The average Bonchev–Trinajstić information content (AvgIpc) is 2.11. The van der Waals surface area contributed by atoms with Crippen molar-refractivity contribution in [1.82, 2.24) is 0 Å². The molecule has 0 aliphatic carbocycles. The molecule has 78 valence electrons. The topological polar surface area (TPSA) is 17.1 Å². The molecule has 0 aromatic heterocycles. The third kappa shape index (κ3) is 9.59. The smallest absolute Gasteiger partial charge is 0.120 e. The summed E-state index contributed by atoms with van der Waals surface area (Å²) < 4.78 is 0. The Kier molecular flexibility index (Phi) is 9.51. The van der Waals surface area contributed by atoms with Gasteiger partial charge in [-0.15, -0.1) is 0 Å². The van der Waals surface area contributed by atoms with Crippen LogP contribution in [0.4, 0.5) is 0 Å². The fraction of sp³-hybridized carbons (Fsp3) is 0.917. The highest BCUT2D eigenvalue weighted by Gasteiger charge is 1.99. The normalized spacial score (nSPS) is 12.8. The van der Waals surface area contributed by atoms with Gasteiger partial charge in [0.1, 0.15) is 6.29 Å². The average molecular weight is 184 g/mol. The van der Waals surface area contributed by atoms with Crippen molar-refractivity contribution in [2.24, 2.45) is 5.92 Å². The van der Waals surface area contributed by atoms with Crippen LogP contribution in [0.25, 0.3) is 0 Å². The van der Waals surface area contributed by atoms with Crippen LogP contribution in [0.15, 0.2) is 0 Å². The van der Waals surface area contributed by atoms with Crippen LogP contribution in [0.3, 0.4) is 0 Å². The zero-order valence-electron chi connectivity index (χ0n) is 9.22. The lowest BCUT2D eigenvalue weighted by Gasteiger charge is -2.06. The molecule has 0 aromatic carbocycles. The first-order valence-electron chi connectivity index (χ1n) is 5.74. The molecule has 0 fully saturated rings. The zero-order valence-corrected chi connectivity index (χ0v) is 9.22. The summed E-state index contributed by atoms with van der Waals surface area (Å²) in [5, 5.41) is 0. The number of unbranched alkanes of at least 4 members (excludes halogenated alkanes) is 5. The molecule has 0 bridgehead atoms. The third-order valence-corrected chi connectivity index (χ3v) is 2.55. The fourth-order valence-corrected chi connectivity index (χ4v) is 1.56. The van der Waals surface area contributed by atoms with E-state index in [0.29, 0.717) is 5.92 Å². The van der Waals surface area contributed by atoms with E-state index in [4.69, 9.17) is 0 Å². The van der Waals surface area contributed by atoms with E-state index in [9.17, 15) is 4.79 Å². The van der Waals surface area contributed by atoms with Crippen molar-refractivity contribution in [1.29, 1.82) is 0 Å². The molecular weight excluding hydrogens is 160 g/mol. The van der Waals surface area contributed by atoms with E-state index in [-0.39, 0.29) is 0 Å². The largest absolute Gasteiger partial charge is 0.303 e. The molecule has 0 saturated heterocycles. The van der Waals surface area contributed by atoms with Gasteiger partial charge in [0.15, 0.2) is 0 Å². The van der Waals surface area contributed by atoms with Gasteiger partial charge in [-0.2, -0.15) is 0 Å². The first-order valence-corrected chi connectivity index (χ1v) is 5.74. The van der Waals surface area contributed by atoms with E-state index < -0.39 is 0 Å². The van der Waals surface area contributed by atoms with Crippen molar-refractivity contribution in [2.45, 2.75) is 65.2 Å². The number of rotatable bonds is 9. The van der Waals surface area contributed by atoms with Gasteiger partial charge in [0.25, 0.3) is 0 Å². The molecule has 0 rings (SSSR count). The van der Waals surface area contributed by atoms with Crippen molar-refractivity contribution in [3.05, 3.63) is 0 Å². The molecule has 0 amide bonds. The minimum absolute atomic E-state index is 0.601. The van der Waals surface area contributed by atoms with Crippen LogP contribution < -0.4 is 0 Å². The Hall–Kier alpha value is -0.330. The van der Waals surface area contributed by atoms with Crippen LogP contribution in [0.5, 0.6) is 0 Å². The lowest BCUT2D eigenvalue weighted by atomic mass is 10.00. The number of carbonyl (C=O) groups excluding carboxylic acids is 1. The molecule has 1 nitrogen and oxygen atoms in total. The van der Waals surface area contributed by atoms with Gasteiger partial charge in [-0.05, 0) is 5.92 Å². The highest BCUT2D eigenvalue weighted by Crippen LogP contribution is 2.13. The molecule has 0 saturated carbocycles. The minimum atomic E-state index is 0.601. The second-order valence-electron chi connectivity index (χ2n) is 4.06. The lowest BCUT2D eigenvalue weighted by Crippen LogP contribution is -1.95. The summed E-state index contributed by atoms with van der Waals surface area (Å²) >= 11 is 0. The maximum Gasteiger partial charge on any atom is 0.120 e. The first kappa shape index (κ1) is 12.7. The summed E-state index contributed by atoms with van der Waals surface area (Å²) in [5.41, 5.74) is 0. The maximum atomic E-state index is 10.2. The van der Waals surface area contributed by atoms with Gasteiger partial charge in [0.05, 0.1) is 0 Å². The van der Waals surface area contributed by atoms with Crippen molar-refractivity contribution >= 4 is 6.29 Å². The summed E-state index contributed by atoms with van der Waals surface area (Å²) in [6, 6.07) is 0. The Balaban J connectivity index is 3.01. The van der Waals surface area contributed by atoms with E-state index in [1.807, 2.05) is 0 Å². The molecule has 1 atom stereocenters. The monoisotopic (exact) mass is 184 g/mol. The van der Waals surface area contributed by atoms with Crippen LogP contribution in [0.1, 0.15) is 65.2 Å². The van der Waals surface area contributed by atoms with Gasteiger partial charge >= 0.3 is 0 Å². The zero-order chi connectivity index (χ0) is 9.94. The number of hydrogen-bond acceptors (Lipinski definition) is 1. The number of hydrogen-bond donors (Lipinski definition) is 0. The van der Waals surface area contributed by atoms with E-state index in [2.05, 4.69) is 13.8 Å². The molecule has 0 spiro atoms. The Bertz CT molecular complexity index is 110. The number of aldehydes is 1. The highest BCUT2D eigenvalue weighted by molar-refractivity contribution is 5.49. The van der Waals surface area contributed by atoms with Crippen molar-refractivity contribution in [3.63, 3.8) is 0 Å².